The Morgan fingerprint density at radius 3 is 2.38 bits per heavy atom. The van der Waals surface area contributed by atoms with E-state index in [9.17, 15) is 17.6 Å². The van der Waals surface area contributed by atoms with Crippen molar-refractivity contribution in [3.05, 3.63) is 29.1 Å². The quantitative estimate of drug-likeness (QED) is 0.707. The van der Waals surface area contributed by atoms with Crippen molar-refractivity contribution in [2.75, 3.05) is 11.6 Å². The number of benzene rings is 1. The second-order valence-electron chi connectivity index (χ2n) is 6.19. The molecule has 0 atom stereocenters. The van der Waals surface area contributed by atoms with Gasteiger partial charge in [0.2, 0.25) is 10.0 Å². The molecule has 0 radical (unpaired) electrons. The molecule has 6 nitrogen and oxygen atoms in total. The molecule has 0 unspecified atom stereocenters. The van der Waals surface area contributed by atoms with Crippen LogP contribution < -0.4 is 10.0 Å². The van der Waals surface area contributed by atoms with Crippen molar-refractivity contribution in [1.29, 1.82) is 5.41 Å². The molecular weight excluding hydrogens is 333 g/mol. The maximum Gasteiger partial charge on any atom is 0.267 e. The maximum absolute atomic E-state index is 14.3. The van der Waals surface area contributed by atoms with Crippen molar-refractivity contribution in [3.8, 4) is 0 Å². The van der Waals surface area contributed by atoms with Gasteiger partial charge in [0.25, 0.3) is 5.91 Å². The van der Waals surface area contributed by atoms with Gasteiger partial charge >= 0.3 is 0 Å². The Morgan fingerprint density at radius 2 is 1.83 bits per heavy atom. The van der Waals surface area contributed by atoms with Gasteiger partial charge in [-0.3, -0.25) is 4.79 Å². The smallest absolute Gasteiger partial charge is 0.267 e. The summed E-state index contributed by atoms with van der Waals surface area (Å²) in [4.78, 5) is 11.9. The minimum Gasteiger partial charge on any atom is -0.382 e. The summed E-state index contributed by atoms with van der Waals surface area (Å²) in [6.45, 7) is 1.54. The van der Waals surface area contributed by atoms with Crippen molar-refractivity contribution in [1.82, 2.24) is 4.72 Å². The normalized spacial score (nSPS) is 15.8. The summed E-state index contributed by atoms with van der Waals surface area (Å²) in [6.07, 6.45) is 6.18. The number of nitrogens with one attached hydrogen (secondary N) is 3. The third-order valence-corrected chi connectivity index (χ3v) is 4.55. The van der Waals surface area contributed by atoms with E-state index in [0.29, 0.717) is 11.3 Å². The molecule has 2 rings (SSSR count). The van der Waals surface area contributed by atoms with Crippen molar-refractivity contribution in [2.45, 2.75) is 45.1 Å². The van der Waals surface area contributed by atoms with E-state index in [0.717, 1.165) is 31.9 Å². The van der Waals surface area contributed by atoms with Gasteiger partial charge in [-0.25, -0.2) is 17.5 Å². The van der Waals surface area contributed by atoms with E-state index in [1.807, 2.05) is 0 Å². The molecule has 1 aliphatic carbocycles. The zero-order chi connectivity index (χ0) is 17.9. The predicted molar refractivity (Wildman–Crippen MR) is 91.7 cm³/mol. The molecule has 1 fully saturated rings. The number of hydrogen-bond acceptors (Lipinski definition) is 5. The van der Waals surface area contributed by atoms with E-state index in [4.69, 9.17) is 5.41 Å². The second-order valence-corrected chi connectivity index (χ2v) is 7.93. The van der Waals surface area contributed by atoms with Crippen LogP contribution in [-0.4, -0.2) is 32.3 Å². The molecule has 0 aliphatic heterocycles. The van der Waals surface area contributed by atoms with Crippen LogP contribution in [0.5, 0.6) is 0 Å². The fourth-order valence-electron chi connectivity index (χ4n) is 2.87. The van der Waals surface area contributed by atoms with E-state index in [1.54, 1.807) is 4.72 Å². The molecule has 132 valence electrons. The molecule has 1 saturated carbocycles. The molecule has 0 bridgehead atoms. The van der Waals surface area contributed by atoms with Crippen LogP contribution in [0.25, 0.3) is 0 Å². The first-order valence-electron chi connectivity index (χ1n) is 7.85. The number of carbonyl (C=O) groups excluding carboxylic acids is 1. The zero-order valence-corrected chi connectivity index (χ0v) is 14.6. The maximum atomic E-state index is 14.3. The summed E-state index contributed by atoms with van der Waals surface area (Å²) in [7, 11) is -3.79. The number of halogens is 1. The van der Waals surface area contributed by atoms with Crippen molar-refractivity contribution < 1.29 is 17.6 Å². The van der Waals surface area contributed by atoms with E-state index in [-0.39, 0.29) is 11.8 Å². The molecule has 1 aliphatic rings. The van der Waals surface area contributed by atoms with E-state index < -0.39 is 27.3 Å². The first-order valence-corrected chi connectivity index (χ1v) is 9.74. The van der Waals surface area contributed by atoms with Crippen molar-refractivity contribution >= 4 is 27.3 Å². The van der Waals surface area contributed by atoms with Crippen LogP contribution in [0.4, 0.5) is 10.1 Å². The molecule has 8 heteroatoms. The average molecular weight is 355 g/mol. The predicted octanol–water partition coefficient (Wildman–Crippen LogP) is 2.65. The minimum absolute atomic E-state index is 0.168. The fraction of sp³-hybridized carbons (Fsp3) is 0.500. The Labute approximate surface area is 141 Å². The topological polar surface area (TPSA) is 99.1 Å². The van der Waals surface area contributed by atoms with Crippen molar-refractivity contribution in [3.63, 3.8) is 0 Å². The van der Waals surface area contributed by atoms with Crippen LogP contribution in [-0.2, 0) is 10.0 Å². The first-order chi connectivity index (χ1) is 11.2. The summed E-state index contributed by atoms with van der Waals surface area (Å²) in [6, 6.07) is 2.61. The summed E-state index contributed by atoms with van der Waals surface area (Å²) >= 11 is 0. The number of amides is 1. The number of anilines is 1. The highest BCUT2D eigenvalue weighted by molar-refractivity contribution is 7.89. The Balaban J connectivity index is 2.34. The van der Waals surface area contributed by atoms with Gasteiger partial charge in [0.05, 0.1) is 11.8 Å². The largest absolute Gasteiger partial charge is 0.382 e. The van der Waals surface area contributed by atoms with Gasteiger partial charge < -0.3 is 10.7 Å². The van der Waals surface area contributed by atoms with Gasteiger partial charge in [-0.2, -0.15) is 0 Å². The zero-order valence-electron chi connectivity index (χ0n) is 13.8. The summed E-state index contributed by atoms with van der Waals surface area (Å²) in [5, 5.41) is 11.1. The average Bonchev–Trinajstić information content (AvgIpc) is 2.46. The monoisotopic (exact) mass is 355 g/mol. The lowest BCUT2D eigenvalue weighted by Crippen LogP contribution is -2.30. The summed E-state index contributed by atoms with van der Waals surface area (Å²) in [5.41, 5.74) is 0.626. The van der Waals surface area contributed by atoms with Gasteiger partial charge in [0.15, 0.2) is 0 Å². The third kappa shape index (κ3) is 4.77. The van der Waals surface area contributed by atoms with Crippen LogP contribution in [0.15, 0.2) is 12.1 Å². The molecule has 24 heavy (non-hydrogen) atoms. The second kappa shape index (κ2) is 7.29. The van der Waals surface area contributed by atoms with Crippen LogP contribution in [0.3, 0.4) is 0 Å². The fourth-order valence-corrected chi connectivity index (χ4v) is 3.31. The Kier molecular flexibility index (Phi) is 5.58. The number of carbonyl (C=O) groups is 1. The van der Waals surface area contributed by atoms with Gasteiger partial charge in [-0.1, -0.05) is 19.3 Å². The minimum atomic E-state index is -3.79. The van der Waals surface area contributed by atoms with Crippen LogP contribution in [0, 0.1) is 11.2 Å². The Bertz CT molecular complexity index is 756. The van der Waals surface area contributed by atoms with Gasteiger partial charge in [-0.15, -0.1) is 0 Å². The van der Waals surface area contributed by atoms with E-state index in [2.05, 4.69) is 5.32 Å². The van der Waals surface area contributed by atoms with Gasteiger partial charge in [-0.05, 0) is 31.9 Å². The summed E-state index contributed by atoms with van der Waals surface area (Å²) in [5.74, 6) is -1.86. The number of rotatable bonds is 5. The Hall–Kier alpha value is -1.96. The lowest BCUT2D eigenvalue weighted by atomic mass is 9.94. The third-order valence-electron chi connectivity index (χ3n) is 4.00. The van der Waals surface area contributed by atoms with Gasteiger partial charge in [0.1, 0.15) is 5.82 Å². The van der Waals surface area contributed by atoms with Gasteiger partial charge in [0, 0.05) is 23.0 Å². The molecule has 1 aromatic rings. The highest BCUT2D eigenvalue weighted by atomic mass is 32.2. The van der Waals surface area contributed by atoms with Crippen LogP contribution >= 0.6 is 0 Å². The molecule has 1 amide bonds. The number of hydrogen-bond donors (Lipinski definition) is 3. The Morgan fingerprint density at radius 1 is 1.21 bits per heavy atom. The molecule has 0 saturated heterocycles. The number of sulfonamides is 1. The van der Waals surface area contributed by atoms with Crippen LogP contribution in [0.1, 0.15) is 54.9 Å². The molecule has 3 N–H and O–H groups in total. The highest BCUT2D eigenvalue weighted by Gasteiger charge is 2.21. The molecule has 1 aromatic carbocycles. The van der Waals surface area contributed by atoms with E-state index >= 15 is 0 Å². The van der Waals surface area contributed by atoms with Crippen molar-refractivity contribution in [2.24, 2.45) is 0 Å². The SMILES string of the molecule is CC(=N)c1cc(C(=O)NS(C)(=O)=O)c(F)cc1NC1CCCCC1. The lowest BCUT2D eigenvalue weighted by molar-refractivity contribution is 0.0978. The lowest BCUT2D eigenvalue weighted by Gasteiger charge is -2.25. The molecule has 0 aromatic heterocycles. The van der Waals surface area contributed by atoms with Crippen LogP contribution in [0.2, 0.25) is 0 Å². The summed E-state index contributed by atoms with van der Waals surface area (Å²) < 4.78 is 38.4. The molecule has 0 heterocycles. The molecule has 0 spiro atoms. The van der Waals surface area contributed by atoms with E-state index in [1.165, 1.54) is 25.5 Å². The highest BCUT2D eigenvalue weighted by Crippen LogP contribution is 2.26. The molecular formula is C16H22FN3O3S. The first kappa shape index (κ1) is 18.4. The standard InChI is InChI=1S/C16H22FN3O3S/c1-10(18)12-8-13(16(21)20-24(2,22)23)14(17)9-15(12)19-11-6-4-3-5-7-11/h8-9,11,18-19H,3-7H2,1-2H3,(H,20,21).